The summed E-state index contributed by atoms with van der Waals surface area (Å²) in [6.07, 6.45) is 10.4. The maximum Gasteiger partial charge on any atom is 0.302 e. The second-order valence-corrected chi connectivity index (χ2v) is 13.0. The molecule has 0 spiro atoms. The van der Waals surface area contributed by atoms with Crippen LogP contribution in [0.1, 0.15) is 92.4 Å². The van der Waals surface area contributed by atoms with E-state index in [1.807, 2.05) is 0 Å². The Bertz CT molecular complexity index is 823. The number of halogens is 1. The lowest BCUT2D eigenvalue weighted by molar-refractivity contribution is -0.152. The molecule has 4 aliphatic carbocycles. The molecule has 0 bridgehead atoms. The van der Waals surface area contributed by atoms with Gasteiger partial charge in [0.05, 0.1) is 6.10 Å². The average molecular weight is 493 g/mol. The molecule has 10 atom stereocenters. The Hall–Kier alpha value is -0.870. The maximum absolute atomic E-state index is 13.3. The van der Waals surface area contributed by atoms with E-state index in [0.29, 0.717) is 41.8 Å². The topological polar surface area (TPSA) is 63.6 Å². The quantitative estimate of drug-likeness (QED) is 0.256. The number of carbonyl (C=O) groups is 2. The molecule has 0 amide bonds. The Morgan fingerprint density at radius 3 is 2.62 bits per heavy atom. The van der Waals surface area contributed by atoms with Crippen LogP contribution in [-0.2, 0) is 14.3 Å². The van der Waals surface area contributed by atoms with E-state index in [0.717, 1.165) is 51.4 Å². The molecule has 34 heavy (non-hydrogen) atoms. The van der Waals surface area contributed by atoms with Gasteiger partial charge in [-0.3, -0.25) is 9.59 Å². The van der Waals surface area contributed by atoms with Gasteiger partial charge in [0, 0.05) is 31.1 Å². The van der Waals surface area contributed by atoms with E-state index in [9.17, 15) is 14.7 Å². The number of esters is 1. The molecule has 0 saturated heterocycles. The molecule has 3 fully saturated rings. The molecular weight excluding hydrogens is 448 g/mol. The van der Waals surface area contributed by atoms with Gasteiger partial charge in [-0.2, -0.15) is 0 Å². The summed E-state index contributed by atoms with van der Waals surface area (Å²) in [7, 11) is 0. The van der Waals surface area contributed by atoms with E-state index in [1.165, 1.54) is 12.5 Å². The summed E-state index contributed by atoms with van der Waals surface area (Å²) in [6.45, 7) is 10.5. The number of alkyl halides is 1. The van der Waals surface area contributed by atoms with E-state index in [1.54, 1.807) is 0 Å². The van der Waals surface area contributed by atoms with Crippen LogP contribution in [0.15, 0.2) is 11.6 Å². The van der Waals surface area contributed by atoms with Crippen LogP contribution in [0, 0.1) is 46.3 Å². The van der Waals surface area contributed by atoms with Gasteiger partial charge in [-0.15, -0.1) is 11.6 Å². The van der Waals surface area contributed by atoms with Crippen molar-refractivity contribution in [1.82, 2.24) is 0 Å². The lowest BCUT2D eigenvalue weighted by atomic mass is 9.47. The van der Waals surface area contributed by atoms with Crippen molar-refractivity contribution in [2.75, 3.05) is 5.88 Å². The molecule has 0 heterocycles. The second-order valence-electron chi connectivity index (χ2n) is 12.7. The molecule has 0 aliphatic heterocycles. The van der Waals surface area contributed by atoms with Crippen LogP contribution in [0.25, 0.3) is 0 Å². The first kappa shape index (κ1) is 26.2. The minimum atomic E-state index is -0.233. The van der Waals surface area contributed by atoms with Crippen LogP contribution in [0.2, 0.25) is 0 Å². The standard InChI is InChI=1S/C29H45ClO4/c1-17(16-30)6-9-25(33)18(2)27-26(34-19(3)31)15-24-22-8-7-20-14-21(32)10-12-28(20,4)23(22)11-13-29(24,27)5/h7,17-18,21-24,26-27,32H,6,8-16H2,1-5H3/t17?,18-,21+,22-,23+,24+,26+,27+,28+,29+/m1/s1. The summed E-state index contributed by atoms with van der Waals surface area (Å²) < 4.78 is 5.96. The SMILES string of the molecule is CC(=O)O[C@H]1C[C@H]2[C@@H]3CC=C4C[C@@H](O)CC[C@]4(C)[C@H]3CC[C@]2(C)[C@H]1[C@H](C)C(=O)CCC(C)CCl. The number of hydrogen-bond donors (Lipinski definition) is 1. The van der Waals surface area contributed by atoms with Gasteiger partial charge in [0.2, 0.25) is 0 Å². The third-order valence-electron chi connectivity index (χ3n) is 10.7. The van der Waals surface area contributed by atoms with Crippen LogP contribution in [0.4, 0.5) is 0 Å². The number of fused-ring (bicyclic) bond motifs is 5. The average Bonchev–Trinajstić information content (AvgIpc) is 3.08. The van der Waals surface area contributed by atoms with Gasteiger partial charge < -0.3 is 9.84 Å². The lowest BCUT2D eigenvalue weighted by Crippen LogP contribution is -2.51. The molecule has 4 aliphatic rings. The van der Waals surface area contributed by atoms with Crippen LogP contribution in [-0.4, -0.2) is 34.9 Å². The van der Waals surface area contributed by atoms with Gasteiger partial charge in [-0.1, -0.05) is 39.3 Å². The van der Waals surface area contributed by atoms with Gasteiger partial charge in [0.25, 0.3) is 0 Å². The van der Waals surface area contributed by atoms with Crippen molar-refractivity contribution in [1.29, 1.82) is 0 Å². The number of rotatable bonds is 7. The number of carbonyl (C=O) groups excluding carboxylic acids is 2. The zero-order valence-electron chi connectivity index (χ0n) is 21.8. The molecule has 1 N–H and O–H groups in total. The Kier molecular flexibility index (Phi) is 7.62. The van der Waals surface area contributed by atoms with Crippen molar-refractivity contribution in [3.63, 3.8) is 0 Å². The van der Waals surface area contributed by atoms with Crippen molar-refractivity contribution in [2.24, 2.45) is 46.3 Å². The summed E-state index contributed by atoms with van der Waals surface area (Å²) in [4.78, 5) is 25.4. The Balaban J connectivity index is 1.60. The molecule has 4 nitrogen and oxygen atoms in total. The summed E-state index contributed by atoms with van der Waals surface area (Å²) in [5.41, 5.74) is 1.65. The maximum atomic E-state index is 13.3. The highest BCUT2D eigenvalue weighted by Gasteiger charge is 2.63. The smallest absolute Gasteiger partial charge is 0.302 e. The molecule has 192 valence electrons. The van der Waals surface area contributed by atoms with Gasteiger partial charge in [-0.25, -0.2) is 0 Å². The third kappa shape index (κ3) is 4.51. The molecule has 5 heteroatoms. The Labute approximate surface area is 211 Å². The lowest BCUT2D eigenvalue weighted by Gasteiger charge is -2.58. The Morgan fingerprint density at radius 1 is 1.21 bits per heavy atom. The number of allylic oxidation sites excluding steroid dienone is 1. The minimum Gasteiger partial charge on any atom is -0.462 e. The summed E-state index contributed by atoms with van der Waals surface area (Å²) >= 11 is 5.98. The van der Waals surface area contributed by atoms with Crippen molar-refractivity contribution in [3.05, 3.63) is 11.6 Å². The van der Waals surface area contributed by atoms with Gasteiger partial charge in [-0.05, 0) is 85.9 Å². The van der Waals surface area contributed by atoms with E-state index < -0.39 is 0 Å². The number of Topliss-reactive ketones (excluding diaryl/α,β-unsaturated/α-hetero) is 1. The highest BCUT2D eigenvalue weighted by atomic mass is 35.5. The van der Waals surface area contributed by atoms with E-state index >= 15 is 0 Å². The van der Waals surface area contributed by atoms with Crippen molar-refractivity contribution in [3.8, 4) is 0 Å². The molecular formula is C29H45ClO4. The minimum absolute atomic E-state index is 0.00431. The summed E-state index contributed by atoms with van der Waals surface area (Å²) in [5, 5.41) is 10.3. The highest BCUT2D eigenvalue weighted by molar-refractivity contribution is 6.18. The molecule has 0 aromatic carbocycles. The van der Waals surface area contributed by atoms with Crippen molar-refractivity contribution >= 4 is 23.4 Å². The van der Waals surface area contributed by atoms with Gasteiger partial charge in [0.15, 0.2) is 0 Å². The predicted molar refractivity (Wildman–Crippen MR) is 135 cm³/mol. The van der Waals surface area contributed by atoms with E-state index in [2.05, 4.69) is 33.8 Å². The normalized spacial score (nSPS) is 43.1. The monoisotopic (exact) mass is 492 g/mol. The number of aliphatic hydroxyl groups excluding tert-OH is 1. The van der Waals surface area contributed by atoms with E-state index in [-0.39, 0.29) is 40.8 Å². The zero-order valence-corrected chi connectivity index (χ0v) is 22.6. The fourth-order valence-corrected chi connectivity index (χ4v) is 8.94. The first-order valence-corrected chi connectivity index (χ1v) is 14.2. The number of ether oxygens (including phenoxy) is 1. The molecule has 1 unspecified atom stereocenters. The summed E-state index contributed by atoms with van der Waals surface area (Å²) in [6, 6.07) is 0. The van der Waals surface area contributed by atoms with Crippen molar-refractivity contribution < 1.29 is 19.4 Å². The molecule has 3 saturated carbocycles. The fraction of sp³-hybridized carbons (Fsp3) is 0.862. The van der Waals surface area contributed by atoms with Crippen LogP contribution >= 0.6 is 11.6 Å². The van der Waals surface area contributed by atoms with Crippen LogP contribution < -0.4 is 0 Å². The molecule has 4 rings (SSSR count). The summed E-state index contributed by atoms with van der Waals surface area (Å²) in [5.74, 6) is 2.57. The van der Waals surface area contributed by atoms with Crippen molar-refractivity contribution in [2.45, 2.75) is 105 Å². The van der Waals surface area contributed by atoms with Crippen LogP contribution in [0.3, 0.4) is 0 Å². The largest absolute Gasteiger partial charge is 0.462 e. The number of ketones is 1. The zero-order chi connectivity index (χ0) is 24.8. The predicted octanol–water partition coefficient (Wildman–Crippen LogP) is 6.33. The molecule has 0 radical (unpaired) electrons. The molecule has 0 aromatic heterocycles. The highest BCUT2D eigenvalue weighted by Crippen LogP contribution is 2.67. The fourth-order valence-electron chi connectivity index (χ4n) is 8.79. The third-order valence-corrected chi connectivity index (χ3v) is 11.2. The van der Waals surface area contributed by atoms with E-state index in [4.69, 9.17) is 16.3 Å². The first-order valence-electron chi connectivity index (χ1n) is 13.6. The second kappa shape index (κ2) is 9.88. The van der Waals surface area contributed by atoms with Crippen LogP contribution in [0.5, 0.6) is 0 Å². The Morgan fingerprint density at radius 2 is 1.94 bits per heavy atom. The number of aliphatic hydroxyl groups is 1. The first-order chi connectivity index (χ1) is 16.0. The molecule has 0 aromatic rings. The number of hydrogen-bond acceptors (Lipinski definition) is 4. The van der Waals surface area contributed by atoms with Gasteiger partial charge in [0.1, 0.15) is 11.9 Å². The van der Waals surface area contributed by atoms with Gasteiger partial charge >= 0.3 is 5.97 Å².